The summed E-state index contributed by atoms with van der Waals surface area (Å²) in [4.78, 5) is 13.1. The van der Waals surface area contributed by atoms with Gasteiger partial charge in [-0.1, -0.05) is 0 Å². The van der Waals surface area contributed by atoms with Gasteiger partial charge in [0.15, 0.2) is 0 Å². The third-order valence-electron chi connectivity index (χ3n) is 3.31. The third kappa shape index (κ3) is 2.18. The zero-order valence-electron chi connectivity index (χ0n) is 10.7. The molecular formula is C14H13N5S. The molecule has 1 aliphatic carbocycles. The second-order valence-electron chi connectivity index (χ2n) is 4.97. The summed E-state index contributed by atoms with van der Waals surface area (Å²) in [5, 5.41) is 3.30. The second-order valence-corrected chi connectivity index (χ2v) is 5.86. The summed E-state index contributed by atoms with van der Waals surface area (Å²) in [5.74, 6) is 2.61. The number of nitrogens with two attached hydrogens (primary N) is 1. The molecule has 0 unspecified atom stereocenters. The van der Waals surface area contributed by atoms with Crippen LogP contribution in [0.3, 0.4) is 0 Å². The monoisotopic (exact) mass is 283 g/mol. The number of anilines is 3. The summed E-state index contributed by atoms with van der Waals surface area (Å²) in [6.45, 7) is 0. The SMILES string of the molecule is Nc1cc(Nc2ccc3ncsc3c2)nc(C2CC2)n1. The Morgan fingerprint density at radius 1 is 1.20 bits per heavy atom. The average molecular weight is 283 g/mol. The van der Waals surface area contributed by atoms with E-state index in [2.05, 4.69) is 26.3 Å². The molecule has 0 bridgehead atoms. The van der Waals surface area contributed by atoms with Gasteiger partial charge in [-0.25, -0.2) is 15.0 Å². The van der Waals surface area contributed by atoms with Crippen LogP contribution in [0.1, 0.15) is 24.6 Å². The number of benzene rings is 1. The quantitative estimate of drug-likeness (QED) is 0.771. The first kappa shape index (κ1) is 11.6. The Hall–Kier alpha value is -2.21. The Bertz CT molecular complexity index is 778. The summed E-state index contributed by atoms with van der Waals surface area (Å²) in [5.41, 5.74) is 9.71. The van der Waals surface area contributed by atoms with Crippen molar-refractivity contribution in [2.75, 3.05) is 11.1 Å². The van der Waals surface area contributed by atoms with E-state index in [9.17, 15) is 0 Å². The summed E-state index contributed by atoms with van der Waals surface area (Å²) in [7, 11) is 0. The van der Waals surface area contributed by atoms with E-state index in [1.165, 1.54) is 0 Å². The van der Waals surface area contributed by atoms with E-state index in [0.29, 0.717) is 11.7 Å². The molecule has 2 aromatic heterocycles. The van der Waals surface area contributed by atoms with Crippen LogP contribution in [0.2, 0.25) is 0 Å². The highest BCUT2D eigenvalue weighted by molar-refractivity contribution is 7.16. The third-order valence-corrected chi connectivity index (χ3v) is 4.10. The van der Waals surface area contributed by atoms with Gasteiger partial charge in [0, 0.05) is 17.7 Å². The highest BCUT2D eigenvalue weighted by Crippen LogP contribution is 2.38. The van der Waals surface area contributed by atoms with Crippen LogP contribution >= 0.6 is 11.3 Å². The summed E-state index contributed by atoms with van der Waals surface area (Å²) < 4.78 is 1.15. The molecule has 1 saturated carbocycles. The minimum absolute atomic E-state index is 0.489. The van der Waals surface area contributed by atoms with Crippen LogP contribution in [-0.2, 0) is 0 Å². The van der Waals surface area contributed by atoms with E-state index < -0.39 is 0 Å². The van der Waals surface area contributed by atoms with Crippen molar-refractivity contribution in [2.24, 2.45) is 0 Å². The number of hydrogen-bond donors (Lipinski definition) is 2. The van der Waals surface area contributed by atoms with Gasteiger partial charge in [0.05, 0.1) is 15.7 Å². The average Bonchev–Trinajstić information content (AvgIpc) is 3.17. The standard InChI is InChI=1S/C14H13N5S/c15-12-6-13(19-14(18-12)8-1-2-8)17-9-3-4-10-11(5-9)20-7-16-10/h3-8H,1-2H2,(H3,15,17,18,19). The van der Waals surface area contributed by atoms with E-state index in [0.717, 1.165) is 40.4 Å². The molecule has 6 heteroatoms. The number of nitrogen functional groups attached to an aromatic ring is 1. The van der Waals surface area contributed by atoms with Gasteiger partial charge < -0.3 is 11.1 Å². The minimum atomic E-state index is 0.489. The first-order valence-corrected chi connectivity index (χ1v) is 7.40. The van der Waals surface area contributed by atoms with Crippen LogP contribution in [0, 0.1) is 0 Å². The highest BCUT2D eigenvalue weighted by atomic mass is 32.1. The van der Waals surface area contributed by atoms with Crippen LogP contribution in [0.4, 0.5) is 17.3 Å². The van der Waals surface area contributed by atoms with Gasteiger partial charge >= 0.3 is 0 Å². The first-order chi connectivity index (χ1) is 9.78. The molecule has 4 rings (SSSR count). The molecule has 0 atom stereocenters. The number of aromatic nitrogens is 3. The summed E-state index contributed by atoms with van der Waals surface area (Å²) in [6.07, 6.45) is 2.32. The zero-order valence-corrected chi connectivity index (χ0v) is 11.5. The fourth-order valence-electron chi connectivity index (χ4n) is 2.15. The first-order valence-electron chi connectivity index (χ1n) is 6.53. The topological polar surface area (TPSA) is 76.7 Å². The molecule has 20 heavy (non-hydrogen) atoms. The molecule has 100 valence electrons. The second kappa shape index (κ2) is 4.42. The number of hydrogen-bond acceptors (Lipinski definition) is 6. The van der Waals surface area contributed by atoms with E-state index in [4.69, 9.17) is 5.73 Å². The number of fused-ring (bicyclic) bond motifs is 1. The van der Waals surface area contributed by atoms with Gasteiger partial charge in [-0.2, -0.15) is 0 Å². The largest absolute Gasteiger partial charge is 0.384 e. The molecule has 2 heterocycles. The lowest BCUT2D eigenvalue weighted by Gasteiger charge is -2.08. The number of nitrogens with zero attached hydrogens (tertiary/aromatic N) is 3. The number of thiazole rings is 1. The molecule has 0 aliphatic heterocycles. The zero-order chi connectivity index (χ0) is 13.5. The van der Waals surface area contributed by atoms with Gasteiger partial charge in [-0.05, 0) is 31.0 Å². The molecule has 0 radical (unpaired) electrons. The fourth-order valence-corrected chi connectivity index (χ4v) is 2.87. The maximum Gasteiger partial charge on any atom is 0.136 e. The van der Waals surface area contributed by atoms with Crippen LogP contribution in [0.25, 0.3) is 10.2 Å². The van der Waals surface area contributed by atoms with Crippen LogP contribution < -0.4 is 11.1 Å². The number of nitrogens with one attached hydrogen (secondary N) is 1. The van der Waals surface area contributed by atoms with E-state index in [-0.39, 0.29) is 0 Å². The van der Waals surface area contributed by atoms with Crippen molar-refractivity contribution in [3.63, 3.8) is 0 Å². The van der Waals surface area contributed by atoms with Crippen molar-refractivity contribution in [3.05, 3.63) is 35.6 Å². The normalized spacial score (nSPS) is 14.6. The lowest BCUT2D eigenvalue weighted by atomic mass is 10.3. The Balaban J connectivity index is 1.67. The lowest BCUT2D eigenvalue weighted by Crippen LogP contribution is -2.02. The van der Waals surface area contributed by atoms with Crippen molar-refractivity contribution in [2.45, 2.75) is 18.8 Å². The van der Waals surface area contributed by atoms with E-state index >= 15 is 0 Å². The van der Waals surface area contributed by atoms with Crippen molar-refractivity contribution in [3.8, 4) is 0 Å². The molecule has 0 saturated heterocycles. The molecule has 0 amide bonds. The molecule has 0 spiro atoms. The Kier molecular flexibility index (Phi) is 2.56. The molecule has 3 N–H and O–H groups in total. The molecule has 1 aliphatic rings. The maximum atomic E-state index is 5.85. The van der Waals surface area contributed by atoms with Gasteiger partial charge in [0.2, 0.25) is 0 Å². The maximum absolute atomic E-state index is 5.85. The molecule has 3 aromatic rings. The smallest absolute Gasteiger partial charge is 0.136 e. The minimum Gasteiger partial charge on any atom is -0.384 e. The number of rotatable bonds is 3. The predicted octanol–water partition coefficient (Wildman–Crippen LogP) is 3.29. The van der Waals surface area contributed by atoms with Crippen molar-refractivity contribution < 1.29 is 0 Å². The van der Waals surface area contributed by atoms with Gasteiger partial charge in [0.25, 0.3) is 0 Å². The molecule has 5 nitrogen and oxygen atoms in total. The summed E-state index contributed by atoms with van der Waals surface area (Å²) >= 11 is 1.62. The Morgan fingerprint density at radius 3 is 2.95 bits per heavy atom. The fraction of sp³-hybridized carbons (Fsp3) is 0.214. The summed E-state index contributed by atoms with van der Waals surface area (Å²) in [6, 6.07) is 7.84. The van der Waals surface area contributed by atoms with Crippen LogP contribution in [-0.4, -0.2) is 15.0 Å². The van der Waals surface area contributed by atoms with Crippen LogP contribution in [0.15, 0.2) is 29.8 Å². The van der Waals surface area contributed by atoms with Gasteiger partial charge in [-0.15, -0.1) is 11.3 Å². The van der Waals surface area contributed by atoms with Crippen LogP contribution in [0.5, 0.6) is 0 Å². The van der Waals surface area contributed by atoms with E-state index in [1.54, 1.807) is 17.4 Å². The van der Waals surface area contributed by atoms with Crippen molar-refractivity contribution in [1.29, 1.82) is 0 Å². The Morgan fingerprint density at radius 2 is 2.10 bits per heavy atom. The Labute approximate surface area is 119 Å². The van der Waals surface area contributed by atoms with Crippen molar-refractivity contribution >= 4 is 38.9 Å². The lowest BCUT2D eigenvalue weighted by molar-refractivity contribution is 0.936. The predicted molar refractivity (Wildman–Crippen MR) is 81.3 cm³/mol. The molecule has 1 fully saturated rings. The highest BCUT2D eigenvalue weighted by Gasteiger charge is 2.27. The molecule has 1 aromatic carbocycles. The van der Waals surface area contributed by atoms with Gasteiger partial charge in [0.1, 0.15) is 17.5 Å². The van der Waals surface area contributed by atoms with E-state index in [1.807, 2.05) is 17.6 Å². The molecular weight excluding hydrogens is 270 g/mol. The van der Waals surface area contributed by atoms with Gasteiger partial charge in [-0.3, -0.25) is 0 Å². The van der Waals surface area contributed by atoms with Crippen molar-refractivity contribution in [1.82, 2.24) is 15.0 Å².